The van der Waals surface area contributed by atoms with E-state index in [0.29, 0.717) is 17.9 Å². The number of unbranched alkanes of at least 4 members (excludes halogenated alkanes) is 11. The number of rotatable bonds is 21. The molecule has 0 aliphatic carbocycles. The van der Waals surface area contributed by atoms with Crippen LogP contribution < -0.4 is 0 Å². The highest BCUT2D eigenvalue weighted by Gasteiger charge is 2.39. The van der Waals surface area contributed by atoms with Gasteiger partial charge in [0.15, 0.2) is 0 Å². The van der Waals surface area contributed by atoms with Gasteiger partial charge in [-0.25, -0.2) is 0 Å². The highest BCUT2D eigenvalue weighted by Crippen LogP contribution is 2.41. The number of hydrogen-bond acceptors (Lipinski definition) is 1. The first-order valence-electron chi connectivity index (χ1n) is 15.9. The summed E-state index contributed by atoms with van der Waals surface area (Å²) in [6.07, 6.45) is 29.0. The summed E-state index contributed by atoms with van der Waals surface area (Å²) in [6.45, 7) is 9.28. The number of carbonyl (C=O) groups excluding carboxylic acids is 1. The molecule has 0 aromatic heterocycles. The van der Waals surface area contributed by atoms with Crippen molar-refractivity contribution < 1.29 is 4.79 Å². The Hall–Kier alpha value is -0.530. The van der Waals surface area contributed by atoms with E-state index in [-0.39, 0.29) is 0 Å². The van der Waals surface area contributed by atoms with E-state index in [2.05, 4.69) is 39.6 Å². The summed E-state index contributed by atoms with van der Waals surface area (Å²) >= 11 is 0. The van der Waals surface area contributed by atoms with Gasteiger partial charge in [0, 0.05) is 19.5 Å². The summed E-state index contributed by atoms with van der Waals surface area (Å²) in [7, 11) is 2.18. The zero-order valence-corrected chi connectivity index (χ0v) is 24.2. The first kappa shape index (κ1) is 31.5. The molecule has 1 fully saturated rings. The van der Waals surface area contributed by atoms with E-state index in [1.54, 1.807) is 0 Å². The smallest absolute Gasteiger partial charge is 0.222 e. The minimum absolute atomic E-state index is 0.429. The van der Waals surface area contributed by atoms with Gasteiger partial charge in [0.2, 0.25) is 5.91 Å². The van der Waals surface area contributed by atoms with Crippen LogP contribution in [0.4, 0.5) is 0 Å². The van der Waals surface area contributed by atoms with E-state index >= 15 is 0 Å². The molecule has 1 aliphatic rings. The average molecular weight is 478 g/mol. The maximum Gasteiger partial charge on any atom is 0.222 e. The molecule has 1 rings (SSSR count). The van der Waals surface area contributed by atoms with E-state index in [1.807, 2.05) is 0 Å². The van der Waals surface area contributed by atoms with Crippen LogP contribution in [0.5, 0.6) is 0 Å². The molecular formula is C32H63NO. The molecule has 1 heterocycles. The van der Waals surface area contributed by atoms with Crippen molar-refractivity contribution >= 4 is 5.91 Å². The molecule has 34 heavy (non-hydrogen) atoms. The van der Waals surface area contributed by atoms with Crippen LogP contribution in [-0.2, 0) is 4.79 Å². The van der Waals surface area contributed by atoms with E-state index in [9.17, 15) is 4.79 Å². The van der Waals surface area contributed by atoms with E-state index < -0.39 is 0 Å². The first-order valence-corrected chi connectivity index (χ1v) is 15.9. The quantitative estimate of drug-likeness (QED) is 0.150. The van der Waals surface area contributed by atoms with Crippen molar-refractivity contribution in [3.63, 3.8) is 0 Å². The molecule has 0 saturated carbocycles. The molecule has 0 aromatic carbocycles. The van der Waals surface area contributed by atoms with Gasteiger partial charge in [-0.2, -0.15) is 0 Å². The van der Waals surface area contributed by atoms with Crippen molar-refractivity contribution in [3.05, 3.63) is 0 Å². The molecule has 3 atom stereocenters. The third kappa shape index (κ3) is 12.4. The molecule has 0 N–H and O–H groups in total. The maximum atomic E-state index is 13.1. The van der Waals surface area contributed by atoms with Crippen LogP contribution in [0.15, 0.2) is 0 Å². The van der Waals surface area contributed by atoms with Gasteiger partial charge in [0.05, 0.1) is 0 Å². The second-order valence-electron chi connectivity index (χ2n) is 11.6. The van der Waals surface area contributed by atoms with Gasteiger partial charge in [0.1, 0.15) is 0 Å². The number of likely N-dealkylation sites (tertiary alicyclic amines) is 1. The van der Waals surface area contributed by atoms with Crippen LogP contribution in [0.1, 0.15) is 169 Å². The van der Waals surface area contributed by atoms with E-state index in [4.69, 9.17) is 0 Å². The summed E-state index contributed by atoms with van der Waals surface area (Å²) in [6, 6.07) is 0.482. The summed E-state index contributed by atoms with van der Waals surface area (Å²) in [5.41, 5.74) is 0. The third-order valence-electron chi connectivity index (χ3n) is 8.76. The minimum Gasteiger partial charge on any atom is -0.342 e. The Kier molecular flexibility index (Phi) is 19.1. The Balaban J connectivity index is 3.09. The Morgan fingerprint density at radius 1 is 0.647 bits per heavy atom. The fourth-order valence-corrected chi connectivity index (χ4v) is 6.68. The van der Waals surface area contributed by atoms with Crippen molar-refractivity contribution in [1.29, 1.82) is 0 Å². The lowest BCUT2D eigenvalue weighted by atomic mass is 9.71. The fraction of sp³-hybridized carbons (Fsp3) is 0.969. The SMILES string of the molecule is CCCCCCC(CCCCC)C1CCCC(=O)N(C)C1C(CCCCCC)CCCCCC. The van der Waals surface area contributed by atoms with Crippen LogP contribution in [0.25, 0.3) is 0 Å². The topological polar surface area (TPSA) is 20.3 Å². The third-order valence-corrected chi connectivity index (χ3v) is 8.76. The monoisotopic (exact) mass is 477 g/mol. The van der Waals surface area contributed by atoms with Gasteiger partial charge in [0.25, 0.3) is 0 Å². The molecule has 0 bridgehead atoms. The summed E-state index contributed by atoms with van der Waals surface area (Å²) in [5.74, 6) is 2.67. The van der Waals surface area contributed by atoms with Gasteiger partial charge in [-0.1, -0.05) is 137 Å². The maximum absolute atomic E-state index is 13.1. The van der Waals surface area contributed by atoms with Crippen LogP contribution in [-0.4, -0.2) is 23.9 Å². The van der Waals surface area contributed by atoms with Crippen molar-refractivity contribution in [2.24, 2.45) is 17.8 Å². The molecule has 1 saturated heterocycles. The Bertz CT molecular complexity index is 464. The molecule has 1 amide bonds. The van der Waals surface area contributed by atoms with Gasteiger partial charge in [-0.3, -0.25) is 4.79 Å². The first-order chi connectivity index (χ1) is 16.6. The van der Waals surface area contributed by atoms with Crippen LogP contribution in [0, 0.1) is 17.8 Å². The normalized spacial score (nSPS) is 20.2. The number of amides is 1. The molecule has 202 valence electrons. The molecule has 3 unspecified atom stereocenters. The summed E-state index contributed by atoms with van der Waals surface area (Å²) in [4.78, 5) is 15.4. The predicted octanol–water partition coefficient (Wildman–Crippen LogP) is 10.3. The highest BCUT2D eigenvalue weighted by atomic mass is 16.2. The van der Waals surface area contributed by atoms with Crippen LogP contribution in [0.3, 0.4) is 0 Å². The largest absolute Gasteiger partial charge is 0.342 e. The molecule has 2 heteroatoms. The summed E-state index contributed by atoms with van der Waals surface area (Å²) < 4.78 is 0. The molecule has 2 nitrogen and oxygen atoms in total. The molecule has 0 radical (unpaired) electrons. The standard InChI is InChI=1S/C32H63NO/c1-6-10-14-18-23-28(22-17-13-9-4)30-26-21-27-31(34)33(5)32(30)29(24-19-15-11-7-2)25-20-16-12-8-3/h28-30,32H,6-27H2,1-5H3. The van der Waals surface area contributed by atoms with Crippen molar-refractivity contribution in [3.8, 4) is 0 Å². The fourth-order valence-electron chi connectivity index (χ4n) is 6.68. The number of nitrogens with zero attached hydrogens (tertiary/aromatic N) is 1. The molecule has 1 aliphatic heterocycles. The lowest BCUT2D eigenvalue weighted by Gasteiger charge is -2.42. The summed E-state index contributed by atoms with van der Waals surface area (Å²) in [5, 5.41) is 0. The van der Waals surface area contributed by atoms with Crippen LogP contribution >= 0.6 is 0 Å². The number of hydrogen-bond donors (Lipinski definition) is 0. The lowest BCUT2D eigenvalue weighted by Crippen LogP contribution is -2.47. The molecule has 0 spiro atoms. The Morgan fingerprint density at radius 2 is 1.06 bits per heavy atom. The zero-order valence-electron chi connectivity index (χ0n) is 24.2. The minimum atomic E-state index is 0.429. The van der Waals surface area contributed by atoms with Gasteiger partial charge < -0.3 is 4.90 Å². The predicted molar refractivity (Wildman–Crippen MR) is 151 cm³/mol. The van der Waals surface area contributed by atoms with E-state index in [1.165, 1.54) is 128 Å². The Labute approximate surface area is 215 Å². The Morgan fingerprint density at radius 3 is 1.53 bits per heavy atom. The number of carbonyl (C=O) groups is 1. The van der Waals surface area contributed by atoms with Crippen molar-refractivity contribution in [2.45, 2.75) is 175 Å². The van der Waals surface area contributed by atoms with Crippen molar-refractivity contribution in [1.82, 2.24) is 4.90 Å². The van der Waals surface area contributed by atoms with Crippen LogP contribution in [0.2, 0.25) is 0 Å². The lowest BCUT2D eigenvalue weighted by molar-refractivity contribution is -0.133. The van der Waals surface area contributed by atoms with Crippen molar-refractivity contribution in [2.75, 3.05) is 7.05 Å². The van der Waals surface area contributed by atoms with E-state index in [0.717, 1.165) is 24.7 Å². The zero-order chi connectivity index (χ0) is 25.0. The van der Waals surface area contributed by atoms with Gasteiger partial charge in [-0.15, -0.1) is 0 Å². The molecular weight excluding hydrogens is 414 g/mol. The highest BCUT2D eigenvalue weighted by molar-refractivity contribution is 5.76. The second-order valence-corrected chi connectivity index (χ2v) is 11.6. The van der Waals surface area contributed by atoms with Gasteiger partial charge in [-0.05, 0) is 43.4 Å². The average Bonchev–Trinajstić information content (AvgIpc) is 2.98. The van der Waals surface area contributed by atoms with Gasteiger partial charge >= 0.3 is 0 Å². The second kappa shape index (κ2) is 20.6. The molecule has 0 aromatic rings.